The van der Waals surface area contributed by atoms with Gasteiger partial charge < -0.3 is 15.7 Å². The minimum atomic E-state index is -4.42. The Labute approximate surface area is 99.4 Å². The molecule has 0 aliphatic rings. The Morgan fingerprint density at radius 2 is 2.12 bits per heavy atom. The van der Waals surface area contributed by atoms with Gasteiger partial charge >= 0.3 is 6.18 Å². The lowest BCUT2D eigenvalue weighted by molar-refractivity contribution is -0.153. The molecule has 0 aliphatic carbocycles. The molecule has 0 aromatic heterocycles. The van der Waals surface area contributed by atoms with E-state index in [0.29, 0.717) is 0 Å². The highest BCUT2D eigenvalue weighted by Crippen LogP contribution is 2.24. The number of halogens is 4. The predicted molar refractivity (Wildman–Crippen MR) is 55.5 cm³/mol. The number of nitrogens with zero attached hydrogens (tertiary/aromatic N) is 1. The van der Waals surface area contributed by atoms with Crippen molar-refractivity contribution in [1.29, 1.82) is 0 Å². The number of hydrogen-bond donors (Lipinski definition) is 2. The Morgan fingerprint density at radius 1 is 1.47 bits per heavy atom. The van der Waals surface area contributed by atoms with Gasteiger partial charge in [0.1, 0.15) is 5.75 Å². The summed E-state index contributed by atoms with van der Waals surface area (Å²) in [4.78, 5) is 0. The number of nitrogens with two attached hydrogens (primary N) is 1. The van der Waals surface area contributed by atoms with Gasteiger partial charge in [-0.2, -0.15) is 13.2 Å². The van der Waals surface area contributed by atoms with Gasteiger partial charge in [0.25, 0.3) is 0 Å². The fourth-order valence-electron chi connectivity index (χ4n) is 1.01. The molecule has 0 spiro atoms. The summed E-state index contributed by atoms with van der Waals surface area (Å²) in [7, 11) is 0. The SMILES string of the molecule is NC(=NO)c1ccc(OCC(F)(F)F)cc1Cl. The van der Waals surface area contributed by atoms with Crippen LogP contribution in [0.3, 0.4) is 0 Å². The molecule has 1 aromatic rings. The Balaban J connectivity index is 2.83. The number of alkyl halides is 3. The molecule has 4 nitrogen and oxygen atoms in total. The standard InChI is InChI=1S/C9H8ClF3N2O2/c10-7-3-5(17-4-9(11,12)13)1-2-6(7)8(14)15-16/h1-3,16H,4H2,(H2,14,15). The van der Waals surface area contributed by atoms with Gasteiger partial charge in [-0.1, -0.05) is 16.8 Å². The van der Waals surface area contributed by atoms with Crippen molar-refractivity contribution in [2.75, 3.05) is 6.61 Å². The molecular formula is C9H8ClF3N2O2. The fraction of sp³-hybridized carbons (Fsp3) is 0.222. The lowest BCUT2D eigenvalue weighted by atomic mass is 10.2. The van der Waals surface area contributed by atoms with Gasteiger partial charge in [-0.25, -0.2) is 0 Å². The summed E-state index contributed by atoms with van der Waals surface area (Å²) in [5.41, 5.74) is 5.49. The molecule has 0 bridgehead atoms. The third-order valence-corrected chi connectivity index (χ3v) is 2.04. The van der Waals surface area contributed by atoms with Crippen molar-refractivity contribution in [2.24, 2.45) is 10.9 Å². The van der Waals surface area contributed by atoms with E-state index in [1.807, 2.05) is 0 Å². The van der Waals surface area contributed by atoms with E-state index < -0.39 is 12.8 Å². The predicted octanol–water partition coefficient (Wildman–Crippen LogP) is 2.38. The number of amidine groups is 1. The zero-order valence-electron chi connectivity index (χ0n) is 8.33. The van der Waals surface area contributed by atoms with Crippen LogP contribution in [0.1, 0.15) is 5.56 Å². The van der Waals surface area contributed by atoms with Crippen LogP contribution in [-0.2, 0) is 0 Å². The third-order valence-electron chi connectivity index (χ3n) is 1.73. The van der Waals surface area contributed by atoms with Crippen LogP contribution in [0.4, 0.5) is 13.2 Å². The highest BCUT2D eigenvalue weighted by atomic mass is 35.5. The van der Waals surface area contributed by atoms with Gasteiger partial charge in [-0.05, 0) is 18.2 Å². The maximum absolute atomic E-state index is 11.9. The molecule has 1 aromatic carbocycles. The first-order valence-electron chi connectivity index (χ1n) is 4.30. The molecule has 0 saturated carbocycles. The van der Waals surface area contributed by atoms with Gasteiger partial charge in [0.2, 0.25) is 0 Å². The van der Waals surface area contributed by atoms with Crippen LogP contribution in [0.15, 0.2) is 23.4 Å². The minimum absolute atomic E-state index is 0.0278. The highest BCUT2D eigenvalue weighted by Gasteiger charge is 2.28. The zero-order valence-corrected chi connectivity index (χ0v) is 9.09. The second-order valence-corrected chi connectivity index (χ2v) is 3.44. The molecule has 0 saturated heterocycles. The van der Waals surface area contributed by atoms with Crippen molar-refractivity contribution < 1.29 is 23.1 Å². The monoisotopic (exact) mass is 268 g/mol. The topological polar surface area (TPSA) is 67.8 Å². The Kier molecular flexibility index (Phi) is 4.06. The van der Waals surface area contributed by atoms with E-state index in [2.05, 4.69) is 9.89 Å². The Hall–Kier alpha value is -1.63. The number of rotatable bonds is 3. The highest BCUT2D eigenvalue weighted by molar-refractivity contribution is 6.34. The van der Waals surface area contributed by atoms with Crippen LogP contribution in [-0.4, -0.2) is 23.8 Å². The Morgan fingerprint density at radius 3 is 2.59 bits per heavy atom. The normalized spacial score (nSPS) is 12.6. The lowest BCUT2D eigenvalue weighted by Crippen LogP contribution is -2.19. The molecular weight excluding hydrogens is 261 g/mol. The van der Waals surface area contributed by atoms with Gasteiger partial charge in [-0.3, -0.25) is 0 Å². The minimum Gasteiger partial charge on any atom is -0.484 e. The van der Waals surface area contributed by atoms with Crippen molar-refractivity contribution in [3.8, 4) is 5.75 Å². The molecule has 94 valence electrons. The molecule has 1 rings (SSSR count). The van der Waals surface area contributed by atoms with E-state index >= 15 is 0 Å². The maximum atomic E-state index is 11.9. The molecule has 0 aliphatic heterocycles. The van der Waals surface area contributed by atoms with Crippen LogP contribution in [0, 0.1) is 0 Å². The largest absolute Gasteiger partial charge is 0.484 e. The summed E-state index contributed by atoms with van der Waals surface area (Å²) >= 11 is 5.72. The molecule has 8 heteroatoms. The zero-order chi connectivity index (χ0) is 13.1. The number of oxime groups is 1. The van der Waals surface area contributed by atoms with E-state index in [0.717, 1.165) is 6.07 Å². The molecule has 0 amide bonds. The maximum Gasteiger partial charge on any atom is 0.422 e. The summed E-state index contributed by atoms with van der Waals surface area (Å²) in [6.07, 6.45) is -4.42. The first kappa shape index (κ1) is 13.4. The fourth-order valence-corrected chi connectivity index (χ4v) is 1.28. The first-order valence-corrected chi connectivity index (χ1v) is 4.68. The Bertz CT molecular complexity index is 435. The molecule has 0 radical (unpaired) electrons. The van der Waals surface area contributed by atoms with Crippen molar-refractivity contribution in [3.05, 3.63) is 28.8 Å². The summed E-state index contributed by atoms with van der Waals surface area (Å²) in [5.74, 6) is -0.292. The van der Waals surface area contributed by atoms with Crippen LogP contribution < -0.4 is 10.5 Å². The number of ether oxygens (including phenoxy) is 1. The van der Waals surface area contributed by atoms with Gasteiger partial charge in [0, 0.05) is 5.56 Å². The van der Waals surface area contributed by atoms with Crippen molar-refractivity contribution in [2.45, 2.75) is 6.18 Å². The van der Waals surface area contributed by atoms with Crippen molar-refractivity contribution in [1.82, 2.24) is 0 Å². The summed E-state index contributed by atoms with van der Waals surface area (Å²) in [6.45, 7) is -1.41. The average Bonchev–Trinajstić information content (AvgIpc) is 2.24. The van der Waals surface area contributed by atoms with Crippen molar-refractivity contribution >= 4 is 17.4 Å². The summed E-state index contributed by atoms with van der Waals surface area (Å²) in [5, 5.41) is 11.2. The van der Waals surface area contributed by atoms with Crippen LogP contribution >= 0.6 is 11.6 Å². The molecule has 0 unspecified atom stereocenters. The van der Waals surface area contributed by atoms with Gasteiger partial charge in [-0.15, -0.1) is 0 Å². The van der Waals surface area contributed by atoms with Crippen LogP contribution in [0.25, 0.3) is 0 Å². The second kappa shape index (κ2) is 5.13. The summed E-state index contributed by atoms with van der Waals surface area (Å²) < 4.78 is 40.1. The second-order valence-electron chi connectivity index (χ2n) is 3.03. The molecule has 17 heavy (non-hydrogen) atoms. The van der Waals surface area contributed by atoms with Gasteiger partial charge in [0.15, 0.2) is 12.4 Å². The van der Waals surface area contributed by atoms with E-state index in [9.17, 15) is 13.2 Å². The lowest BCUT2D eigenvalue weighted by Gasteiger charge is -2.10. The average molecular weight is 269 g/mol. The molecule has 0 atom stereocenters. The van der Waals surface area contributed by atoms with E-state index in [1.54, 1.807) is 0 Å². The van der Waals surface area contributed by atoms with E-state index in [4.69, 9.17) is 22.5 Å². The molecule has 0 fully saturated rings. The quantitative estimate of drug-likeness (QED) is 0.383. The van der Waals surface area contributed by atoms with Crippen LogP contribution in [0.2, 0.25) is 5.02 Å². The van der Waals surface area contributed by atoms with Crippen LogP contribution in [0.5, 0.6) is 5.75 Å². The van der Waals surface area contributed by atoms with Gasteiger partial charge in [0.05, 0.1) is 5.02 Å². The first-order chi connectivity index (χ1) is 7.83. The van der Waals surface area contributed by atoms with E-state index in [-0.39, 0.29) is 22.2 Å². The molecule has 3 N–H and O–H groups in total. The number of hydrogen-bond acceptors (Lipinski definition) is 3. The number of benzene rings is 1. The molecule has 0 heterocycles. The summed E-state index contributed by atoms with van der Waals surface area (Å²) in [6, 6.07) is 3.69. The third kappa shape index (κ3) is 4.03. The van der Waals surface area contributed by atoms with E-state index in [1.165, 1.54) is 12.1 Å². The smallest absolute Gasteiger partial charge is 0.422 e. The van der Waals surface area contributed by atoms with Crippen molar-refractivity contribution in [3.63, 3.8) is 0 Å².